The molecule has 0 saturated carbocycles. The van der Waals surface area contributed by atoms with E-state index in [9.17, 15) is 4.79 Å². The summed E-state index contributed by atoms with van der Waals surface area (Å²) in [4.78, 5) is 21.5. The molecule has 7 heteroatoms. The first-order chi connectivity index (χ1) is 14.1. The van der Waals surface area contributed by atoms with E-state index >= 15 is 0 Å². The second-order valence-electron chi connectivity index (χ2n) is 6.23. The number of rotatable bonds is 5. The molecule has 4 rings (SSSR count). The maximum atomic E-state index is 12.4. The van der Waals surface area contributed by atoms with Crippen LogP contribution in [0.15, 0.2) is 72.8 Å². The number of methoxy groups -OCH3 is 1. The van der Waals surface area contributed by atoms with Gasteiger partial charge in [0.1, 0.15) is 5.75 Å². The lowest BCUT2D eigenvalue weighted by molar-refractivity contribution is 0.0962. The number of hydrogen-bond donors (Lipinski definition) is 2. The number of hydrazine groups is 1. The predicted molar refractivity (Wildman–Crippen MR) is 114 cm³/mol. The van der Waals surface area contributed by atoms with E-state index < -0.39 is 0 Å². The highest BCUT2D eigenvalue weighted by molar-refractivity contribution is 6.31. The van der Waals surface area contributed by atoms with Crippen LogP contribution in [-0.4, -0.2) is 23.0 Å². The van der Waals surface area contributed by atoms with E-state index in [2.05, 4.69) is 20.8 Å². The fraction of sp³-hybridized carbons (Fsp3) is 0.0455. The van der Waals surface area contributed by atoms with Gasteiger partial charge in [0.25, 0.3) is 5.91 Å². The van der Waals surface area contributed by atoms with Crippen LogP contribution in [0.4, 0.5) is 5.95 Å². The standard InChI is InChI=1S/C22H17ClN4O2/c1-29-17-10-7-15(8-11-17)21(28)26-27-22-24-19-12-9-16(23)13-18(19)20(25-22)14-5-3-2-4-6-14/h2-13H,1H3,(H,26,28)(H,24,25,27). The molecule has 0 bridgehead atoms. The summed E-state index contributed by atoms with van der Waals surface area (Å²) in [5.41, 5.74) is 8.27. The molecule has 3 aromatic carbocycles. The first-order valence-electron chi connectivity index (χ1n) is 8.87. The normalized spacial score (nSPS) is 10.6. The smallest absolute Gasteiger partial charge is 0.269 e. The van der Waals surface area contributed by atoms with E-state index in [1.165, 1.54) is 0 Å². The molecule has 0 aliphatic carbocycles. The van der Waals surface area contributed by atoms with Gasteiger partial charge < -0.3 is 4.74 Å². The van der Waals surface area contributed by atoms with Gasteiger partial charge in [-0.05, 0) is 42.5 Å². The average Bonchev–Trinajstić information content (AvgIpc) is 2.77. The van der Waals surface area contributed by atoms with Crippen molar-refractivity contribution in [3.8, 4) is 17.0 Å². The van der Waals surface area contributed by atoms with E-state index in [-0.39, 0.29) is 11.9 Å². The van der Waals surface area contributed by atoms with Crippen LogP contribution in [0.25, 0.3) is 22.2 Å². The van der Waals surface area contributed by atoms with Crippen molar-refractivity contribution in [1.29, 1.82) is 0 Å². The third kappa shape index (κ3) is 4.12. The van der Waals surface area contributed by atoms with Crippen molar-refractivity contribution in [2.24, 2.45) is 0 Å². The number of nitrogens with one attached hydrogen (secondary N) is 2. The van der Waals surface area contributed by atoms with Crippen molar-refractivity contribution >= 4 is 34.4 Å². The molecule has 0 spiro atoms. The zero-order chi connectivity index (χ0) is 20.2. The quantitative estimate of drug-likeness (QED) is 0.471. The zero-order valence-electron chi connectivity index (χ0n) is 15.5. The summed E-state index contributed by atoms with van der Waals surface area (Å²) in [6, 6.07) is 21.9. The molecule has 0 unspecified atom stereocenters. The van der Waals surface area contributed by atoms with Gasteiger partial charge in [-0.15, -0.1) is 0 Å². The molecule has 0 aliphatic heterocycles. The van der Waals surface area contributed by atoms with Gasteiger partial charge in [0, 0.05) is 21.5 Å². The summed E-state index contributed by atoms with van der Waals surface area (Å²) < 4.78 is 5.11. The second-order valence-corrected chi connectivity index (χ2v) is 6.67. The minimum Gasteiger partial charge on any atom is -0.497 e. The Labute approximate surface area is 172 Å². The van der Waals surface area contributed by atoms with E-state index in [1.54, 1.807) is 37.4 Å². The van der Waals surface area contributed by atoms with Crippen LogP contribution in [0, 0.1) is 0 Å². The number of ether oxygens (including phenoxy) is 1. The van der Waals surface area contributed by atoms with Crippen molar-refractivity contribution < 1.29 is 9.53 Å². The number of fused-ring (bicyclic) bond motifs is 1. The van der Waals surface area contributed by atoms with Gasteiger partial charge in [-0.25, -0.2) is 9.97 Å². The third-order valence-corrected chi connectivity index (χ3v) is 4.58. The largest absolute Gasteiger partial charge is 0.497 e. The number of halogens is 1. The van der Waals surface area contributed by atoms with Gasteiger partial charge >= 0.3 is 0 Å². The number of anilines is 1. The summed E-state index contributed by atoms with van der Waals surface area (Å²) in [6.07, 6.45) is 0. The summed E-state index contributed by atoms with van der Waals surface area (Å²) >= 11 is 6.17. The number of benzene rings is 3. The molecule has 29 heavy (non-hydrogen) atoms. The van der Waals surface area contributed by atoms with E-state index in [4.69, 9.17) is 16.3 Å². The van der Waals surface area contributed by atoms with Crippen LogP contribution in [-0.2, 0) is 0 Å². The molecule has 1 aromatic heterocycles. The Hall–Kier alpha value is -3.64. The highest BCUT2D eigenvalue weighted by Gasteiger charge is 2.12. The van der Waals surface area contributed by atoms with Crippen molar-refractivity contribution in [3.05, 3.63) is 83.4 Å². The average molecular weight is 405 g/mol. The summed E-state index contributed by atoms with van der Waals surface area (Å²) in [5, 5.41) is 1.43. The Bertz CT molecular complexity index is 1160. The maximum absolute atomic E-state index is 12.4. The Morgan fingerprint density at radius 1 is 0.966 bits per heavy atom. The number of hydrogen-bond acceptors (Lipinski definition) is 5. The summed E-state index contributed by atoms with van der Waals surface area (Å²) in [5.74, 6) is 0.646. The van der Waals surface area contributed by atoms with Gasteiger partial charge in [0.15, 0.2) is 0 Å². The Morgan fingerprint density at radius 3 is 2.45 bits per heavy atom. The van der Waals surface area contributed by atoms with E-state index in [1.807, 2.05) is 42.5 Å². The molecular formula is C22H17ClN4O2. The molecule has 0 saturated heterocycles. The molecule has 2 N–H and O–H groups in total. The van der Waals surface area contributed by atoms with Crippen molar-refractivity contribution in [2.75, 3.05) is 12.5 Å². The molecule has 144 valence electrons. The Kier molecular flexibility index (Phi) is 5.27. The van der Waals surface area contributed by atoms with Crippen LogP contribution in [0.1, 0.15) is 10.4 Å². The number of carbonyl (C=O) groups excluding carboxylic acids is 1. The SMILES string of the molecule is COc1ccc(C(=O)NNc2nc(-c3ccccc3)c3cc(Cl)ccc3n2)cc1. The zero-order valence-corrected chi connectivity index (χ0v) is 16.3. The lowest BCUT2D eigenvalue weighted by atomic mass is 10.1. The Morgan fingerprint density at radius 2 is 1.72 bits per heavy atom. The van der Waals surface area contributed by atoms with Gasteiger partial charge in [0.2, 0.25) is 5.95 Å². The topological polar surface area (TPSA) is 76.1 Å². The van der Waals surface area contributed by atoms with Crippen LogP contribution in [0.2, 0.25) is 5.02 Å². The van der Waals surface area contributed by atoms with E-state index in [0.717, 1.165) is 16.6 Å². The van der Waals surface area contributed by atoms with Crippen LogP contribution >= 0.6 is 11.6 Å². The molecule has 0 fully saturated rings. The Balaban J connectivity index is 1.63. The van der Waals surface area contributed by atoms with Crippen molar-refractivity contribution in [2.45, 2.75) is 0 Å². The summed E-state index contributed by atoms with van der Waals surface area (Å²) in [6.45, 7) is 0. The molecule has 6 nitrogen and oxygen atoms in total. The number of nitrogens with zero attached hydrogens (tertiary/aromatic N) is 2. The van der Waals surface area contributed by atoms with Gasteiger partial charge in [-0.1, -0.05) is 41.9 Å². The predicted octanol–water partition coefficient (Wildman–Crippen LogP) is 4.72. The fourth-order valence-electron chi connectivity index (χ4n) is 2.90. The second kappa shape index (κ2) is 8.16. The minimum absolute atomic E-state index is 0.278. The molecule has 0 radical (unpaired) electrons. The van der Waals surface area contributed by atoms with Crippen LogP contribution in [0.3, 0.4) is 0 Å². The minimum atomic E-state index is -0.311. The molecule has 0 aliphatic rings. The lowest BCUT2D eigenvalue weighted by Crippen LogP contribution is -2.30. The fourth-order valence-corrected chi connectivity index (χ4v) is 3.07. The van der Waals surface area contributed by atoms with Gasteiger partial charge in [-0.2, -0.15) is 0 Å². The van der Waals surface area contributed by atoms with Gasteiger partial charge in [-0.3, -0.25) is 15.6 Å². The molecule has 1 amide bonds. The lowest BCUT2D eigenvalue weighted by Gasteiger charge is -2.12. The summed E-state index contributed by atoms with van der Waals surface area (Å²) in [7, 11) is 1.57. The first-order valence-corrected chi connectivity index (χ1v) is 9.25. The van der Waals surface area contributed by atoms with Crippen molar-refractivity contribution in [3.63, 3.8) is 0 Å². The highest BCUT2D eigenvalue weighted by Crippen LogP contribution is 2.29. The van der Waals surface area contributed by atoms with Gasteiger partial charge in [0.05, 0.1) is 18.3 Å². The molecule has 1 heterocycles. The number of amides is 1. The van der Waals surface area contributed by atoms with E-state index in [0.29, 0.717) is 21.9 Å². The van der Waals surface area contributed by atoms with Crippen LogP contribution in [0.5, 0.6) is 5.75 Å². The third-order valence-electron chi connectivity index (χ3n) is 4.35. The maximum Gasteiger partial charge on any atom is 0.269 e. The number of carbonyl (C=O) groups is 1. The highest BCUT2D eigenvalue weighted by atomic mass is 35.5. The van der Waals surface area contributed by atoms with Crippen LogP contribution < -0.4 is 15.6 Å². The molecule has 0 atom stereocenters. The molecule has 4 aromatic rings. The van der Waals surface area contributed by atoms with Crippen molar-refractivity contribution in [1.82, 2.24) is 15.4 Å². The first kappa shape index (κ1) is 18.7. The monoisotopic (exact) mass is 404 g/mol. The molecular weight excluding hydrogens is 388 g/mol. The number of aromatic nitrogens is 2.